The molecule has 0 aliphatic carbocycles. The highest BCUT2D eigenvalue weighted by molar-refractivity contribution is 5.97. The molecule has 0 bridgehead atoms. The van der Waals surface area contributed by atoms with Crippen LogP contribution in [0.25, 0.3) is 11.3 Å². The molecular weight excluding hydrogens is 499 g/mol. The lowest BCUT2D eigenvalue weighted by atomic mass is 10.0. The Morgan fingerprint density at radius 2 is 1.87 bits per heavy atom. The van der Waals surface area contributed by atoms with Gasteiger partial charge >= 0.3 is 6.18 Å². The molecule has 38 heavy (non-hydrogen) atoms. The van der Waals surface area contributed by atoms with Crippen molar-refractivity contribution in [1.29, 1.82) is 0 Å². The van der Waals surface area contributed by atoms with Crippen molar-refractivity contribution in [3.63, 3.8) is 0 Å². The molecule has 1 atom stereocenters. The average molecular weight is 526 g/mol. The maximum atomic E-state index is 13.7. The molecule has 2 aromatic carbocycles. The van der Waals surface area contributed by atoms with Gasteiger partial charge in [0.2, 0.25) is 0 Å². The Labute approximate surface area is 216 Å². The van der Waals surface area contributed by atoms with Gasteiger partial charge in [-0.3, -0.25) is 14.5 Å². The van der Waals surface area contributed by atoms with E-state index in [-0.39, 0.29) is 28.6 Å². The largest absolute Gasteiger partial charge is 0.417 e. The van der Waals surface area contributed by atoms with Gasteiger partial charge < -0.3 is 5.32 Å². The number of tetrazole rings is 1. The molecule has 198 valence electrons. The average Bonchev–Trinajstić information content (AvgIpc) is 3.50. The maximum absolute atomic E-state index is 13.7. The maximum Gasteiger partial charge on any atom is 0.417 e. The van der Waals surface area contributed by atoms with Crippen molar-refractivity contribution >= 4 is 11.6 Å². The van der Waals surface area contributed by atoms with Crippen LogP contribution in [0.15, 0.2) is 72.7 Å². The molecule has 10 nitrogen and oxygen atoms in total. The lowest BCUT2D eigenvalue weighted by Crippen LogP contribution is -2.40. The number of allylic oxidation sites excluding steroid dienone is 1. The molecule has 1 unspecified atom stereocenters. The molecule has 0 aliphatic rings. The van der Waals surface area contributed by atoms with Crippen molar-refractivity contribution in [1.82, 2.24) is 35.3 Å². The number of nitrogens with zero attached hydrogens (tertiary/aromatic N) is 7. The lowest BCUT2D eigenvalue weighted by Gasteiger charge is -2.24. The molecule has 2 heterocycles. The number of anilines is 1. The van der Waals surface area contributed by atoms with Gasteiger partial charge in [-0.1, -0.05) is 25.1 Å². The van der Waals surface area contributed by atoms with Crippen molar-refractivity contribution in [3.8, 4) is 11.3 Å². The third-order valence-corrected chi connectivity index (χ3v) is 5.61. The lowest BCUT2D eigenvalue weighted by molar-refractivity contribution is -0.137. The molecule has 0 spiro atoms. The van der Waals surface area contributed by atoms with Crippen LogP contribution in [0, 0.1) is 5.92 Å². The second-order valence-corrected chi connectivity index (χ2v) is 8.72. The molecule has 13 heteroatoms. The van der Waals surface area contributed by atoms with Gasteiger partial charge in [0.25, 0.3) is 5.91 Å². The van der Waals surface area contributed by atoms with E-state index in [9.17, 15) is 18.0 Å². The molecule has 4 aromatic rings. The fraction of sp³-hybridized carbons (Fsp3) is 0.240. The highest BCUT2D eigenvalue weighted by atomic mass is 19.4. The molecule has 0 radical (unpaired) electrons. The third kappa shape index (κ3) is 6.24. The number of aryl methyl sites for hydroxylation is 2. The van der Waals surface area contributed by atoms with E-state index < -0.39 is 17.6 Å². The van der Waals surface area contributed by atoms with Gasteiger partial charge in [-0.25, -0.2) is 5.84 Å². The molecule has 0 saturated carbocycles. The number of halogens is 3. The monoisotopic (exact) mass is 525 g/mol. The van der Waals surface area contributed by atoms with Crippen molar-refractivity contribution in [2.75, 3.05) is 5.01 Å². The van der Waals surface area contributed by atoms with Crippen LogP contribution in [0.4, 0.5) is 18.9 Å². The van der Waals surface area contributed by atoms with Gasteiger partial charge in [0.05, 0.1) is 24.0 Å². The fourth-order valence-corrected chi connectivity index (χ4v) is 3.82. The standard InChI is InChI=1S/C25H26F3N9O/c1-16(13-22-31-34-36(3)33-22)14-23(37(29)18-7-5-4-6-8-18)30-24(38)17-9-10-20(25(26,27)28)19(15-17)21-11-12-35(2)32-21/h4-12,14-16H,13,29H2,1-3H3,(H,30,38)/b23-14-. The number of carbonyl (C=O) groups is 1. The van der Waals surface area contributed by atoms with Crippen LogP contribution < -0.4 is 16.2 Å². The quantitative estimate of drug-likeness (QED) is 0.267. The summed E-state index contributed by atoms with van der Waals surface area (Å²) in [6.07, 6.45) is -0.953. The van der Waals surface area contributed by atoms with Crippen LogP contribution in [0.3, 0.4) is 0 Å². The number of aromatic nitrogens is 6. The molecule has 4 rings (SSSR count). The molecule has 1 amide bonds. The number of amides is 1. The predicted octanol–water partition coefficient (Wildman–Crippen LogP) is 3.46. The van der Waals surface area contributed by atoms with Crippen LogP contribution in [0.2, 0.25) is 0 Å². The van der Waals surface area contributed by atoms with Crippen molar-refractivity contribution in [3.05, 3.63) is 89.6 Å². The predicted molar refractivity (Wildman–Crippen MR) is 134 cm³/mol. The minimum absolute atomic E-state index is 0.00857. The number of carbonyl (C=O) groups excluding carboxylic acids is 1. The van der Waals surface area contributed by atoms with Crippen LogP contribution in [0.5, 0.6) is 0 Å². The number of rotatable bonds is 8. The molecule has 2 aromatic heterocycles. The topological polar surface area (TPSA) is 120 Å². The summed E-state index contributed by atoms with van der Waals surface area (Å²) in [5.41, 5.74) is -0.399. The first-order valence-electron chi connectivity index (χ1n) is 11.6. The first-order valence-corrected chi connectivity index (χ1v) is 11.6. The number of nitrogens with one attached hydrogen (secondary N) is 1. The molecule has 0 aliphatic heterocycles. The number of para-hydroxylation sites is 1. The van der Waals surface area contributed by atoms with E-state index in [1.165, 1.54) is 32.8 Å². The van der Waals surface area contributed by atoms with Crippen LogP contribution in [-0.4, -0.2) is 35.9 Å². The summed E-state index contributed by atoms with van der Waals surface area (Å²) < 4.78 is 42.5. The number of benzene rings is 2. The van der Waals surface area contributed by atoms with Gasteiger partial charge in [-0.05, 0) is 53.6 Å². The Morgan fingerprint density at radius 1 is 1.13 bits per heavy atom. The van der Waals surface area contributed by atoms with Gasteiger partial charge in [0.15, 0.2) is 5.82 Å². The third-order valence-electron chi connectivity index (χ3n) is 5.61. The van der Waals surface area contributed by atoms with E-state index in [1.807, 2.05) is 13.0 Å². The minimum Gasteiger partial charge on any atom is -0.307 e. The van der Waals surface area contributed by atoms with Crippen molar-refractivity contribution in [2.45, 2.75) is 19.5 Å². The highest BCUT2D eigenvalue weighted by Crippen LogP contribution is 2.37. The fourth-order valence-electron chi connectivity index (χ4n) is 3.82. The highest BCUT2D eigenvalue weighted by Gasteiger charge is 2.34. The zero-order chi connectivity index (χ0) is 27.4. The first-order chi connectivity index (χ1) is 18.0. The second kappa shape index (κ2) is 10.8. The van der Waals surface area contributed by atoms with Gasteiger partial charge in [0.1, 0.15) is 5.82 Å². The SMILES string of the molecule is CC(/C=C(/NC(=O)c1ccc(C(F)(F)F)c(-c2ccn(C)n2)c1)N(N)c1ccccc1)Cc1nnn(C)n1. The molecule has 0 saturated heterocycles. The van der Waals surface area contributed by atoms with Crippen molar-refractivity contribution in [2.24, 2.45) is 25.9 Å². The Bertz CT molecular complexity index is 1440. The number of alkyl halides is 3. The van der Waals surface area contributed by atoms with E-state index in [0.29, 0.717) is 17.9 Å². The van der Waals surface area contributed by atoms with E-state index in [0.717, 1.165) is 12.1 Å². The Kier molecular flexibility index (Phi) is 7.57. The number of hydrogen-bond acceptors (Lipinski definition) is 7. The van der Waals surface area contributed by atoms with Gasteiger partial charge in [0, 0.05) is 30.8 Å². The van der Waals surface area contributed by atoms with Crippen molar-refractivity contribution < 1.29 is 18.0 Å². The zero-order valence-corrected chi connectivity index (χ0v) is 20.9. The van der Waals surface area contributed by atoms with E-state index >= 15 is 0 Å². The Morgan fingerprint density at radius 3 is 2.47 bits per heavy atom. The molecule has 0 fully saturated rings. The normalized spacial score (nSPS) is 12.9. The first kappa shape index (κ1) is 26.5. The van der Waals surface area contributed by atoms with Crippen LogP contribution >= 0.6 is 0 Å². The smallest absolute Gasteiger partial charge is 0.307 e. The van der Waals surface area contributed by atoms with Gasteiger partial charge in [-0.15, -0.1) is 10.2 Å². The molecule has 3 N–H and O–H groups in total. The summed E-state index contributed by atoms with van der Waals surface area (Å²) in [6.45, 7) is 1.89. The van der Waals surface area contributed by atoms with Gasteiger partial charge in [-0.2, -0.15) is 23.1 Å². The summed E-state index contributed by atoms with van der Waals surface area (Å²) in [5.74, 6) is 6.28. The summed E-state index contributed by atoms with van der Waals surface area (Å²) in [4.78, 5) is 14.6. The number of hydrogen-bond donors (Lipinski definition) is 2. The number of hydrazine groups is 1. The van der Waals surface area contributed by atoms with Crippen LogP contribution in [-0.2, 0) is 26.7 Å². The molecular formula is C25H26F3N9O. The Hall–Kier alpha value is -4.52. The van der Waals surface area contributed by atoms with E-state index in [1.54, 1.807) is 44.4 Å². The summed E-state index contributed by atoms with van der Waals surface area (Å²) in [7, 11) is 3.25. The summed E-state index contributed by atoms with van der Waals surface area (Å²) in [6, 6.07) is 13.5. The zero-order valence-electron chi connectivity index (χ0n) is 20.9. The van der Waals surface area contributed by atoms with E-state index in [2.05, 4.69) is 25.8 Å². The summed E-state index contributed by atoms with van der Waals surface area (Å²) in [5, 5.41) is 20.1. The minimum atomic E-state index is -4.63. The summed E-state index contributed by atoms with van der Waals surface area (Å²) >= 11 is 0. The number of nitrogens with two attached hydrogens (primary N) is 1. The van der Waals surface area contributed by atoms with E-state index in [4.69, 9.17) is 5.84 Å². The Balaban J connectivity index is 1.67. The van der Waals surface area contributed by atoms with Crippen LogP contribution in [0.1, 0.15) is 28.7 Å². The second-order valence-electron chi connectivity index (χ2n) is 8.72.